The van der Waals surface area contributed by atoms with Crippen LogP contribution in [0.25, 0.3) is 0 Å². The number of sulfonamides is 1. The Kier molecular flexibility index (Phi) is 5.38. The summed E-state index contributed by atoms with van der Waals surface area (Å²) in [6, 6.07) is 20.9. The van der Waals surface area contributed by atoms with E-state index in [2.05, 4.69) is 0 Å². The second-order valence-corrected chi connectivity index (χ2v) is 8.96. The van der Waals surface area contributed by atoms with Gasteiger partial charge in [0, 0.05) is 0 Å². The van der Waals surface area contributed by atoms with E-state index in [9.17, 15) is 8.42 Å². The molecule has 0 aromatic heterocycles. The van der Waals surface area contributed by atoms with Crippen molar-refractivity contribution >= 4 is 15.7 Å². The molecule has 4 heteroatoms. The summed E-state index contributed by atoms with van der Waals surface area (Å²) in [6.45, 7) is 8.19. The zero-order chi connectivity index (χ0) is 19.6. The van der Waals surface area contributed by atoms with E-state index < -0.39 is 10.0 Å². The molecule has 0 aliphatic rings. The molecule has 0 saturated carbocycles. The summed E-state index contributed by atoms with van der Waals surface area (Å²) in [4.78, 5) is 0.307. The molecule has 0 heterocycles. The topological polar surface area (TPSA) is 37.4 Å². The average Bonchev–Trinajstić information content (AvgIpc) is 2.63. The number of hydrogen-bond acceptors (Lipinski definition) is 2. The maximum atomic E-state index is 13.5. The van der Waals surface area contributed by atoms with E-state index in [1.54, 1.807) is 12.1 Å². The van der Waals surface area contributed by atoms with Gasteiger partial charge in [-0.1, -0.05) is 59.7 Å². The van der Waals surface area contributed by atoms with Crippen molar-refractivity contribution in [2.45, 2.75) is 39.1 Å². The first-order valence-electron chi connectivity index (χ1n) is 8.99. The molecule has 0 N–H and O–H groups in total. The van der Waals surface area contributed by atoms with E-state index in [0.717, 1.165) is 33.5 Å². The third-order valence-corrected chi connectivity index (χ3v) is 6.46. The van der Waals surface area contributed by atoms with Gasteiger partial charge >= 0.3 is 0 Å². The van der Waals surface area contributed by atoms with Gasteiger partial charge in [-0.05, 0) is 62.6 Å². The van der Waals surface area contributed by atoms with Gasteiger partial charge in [-0.25, -0.2) is 8.42 Å². The van der Waals surface area contributed by atoms with Crippen molar-refractivity contribution in [2.75, 3.05) is 4.31 Å². The van der Waals surface area contributed by atoms with Crippen LogP contribution in [-0.4, -0.2) is 8.42 Å². The molecule has 0 aliphatic heterocycles. The van der Waals surface area contributed by atoms with Gasteiger partial charge in [0.2, 0.25) is 0 Å². The van der Waals surface area contributed by atoms with Crippen LogP contribution in [0.5, 0.6) is 0 Å². The molecular formula is C23H25NO2S. The normalized spacial score (nSPS) is 11.4. The fourth-order valence-electron chi connectivity index (χ4n) is 2.98. The predicted molar refractivity (Wildman–Crippen MR) is 112 cm³/mol. The van der Waals surface area contributed by atoms with Crippen LogP contribution in [0.3, 0.4) is 0 Å². The van der Waals surface area contributed by atoms with Crippen LogP contribution in [0.15, 0.2) is 71.6 Å². The molecule has 3 aromatic carbocycles. The first-order valence-corrected chi connectivity index (χ1v) is 10.4. The molecule has 3 rings (SSSR count). The van der Waals surface area contributed by atoms with E-state index in [0.29, 0.717) is 11.4 Å². The number of anilines is 1. The van der Waals surface area contributed by atoms with Crippen LogP contribution in [0.1, 0.15) is 27.8 Å². The minimum atomic E-state index is -3.69. The zero-order valence-electron chi connectivity index (χ0n) is 16.2. The Morgan fingerprint density at radius 2 is 1.22 bits per heavy atom. The third kappa shape index (κ3) is 4.22. The van der Waals surface area contributed by atoms with Gasteiger partial charge in [0.15, 0.2) is 0 Å². The molecule has 0 saturated heterocycles. The third-order valence-electron chi connectivity index (χ3n) is 4.69. The second-order valence-electron chi connectivity index (χ2n) is 7.10. The molecule has 0 fully saturated rings. The Balaban J connectivity index is 2.12. The number of benzene rings is 3. The van der Waals surface area contributed by atoms with Crippen molar-refractivity contribution in [3.63, 3.8) is 0 Å². The summed E-state index contributed by atoms with van der Waals surface area (Å²) in [6.07, 6.45) is 0. The van der Waals surface area contributed by atoms with Gasteiger partial charge in [0.1, 0.15) is 0 Å². The van der Waals surface area contributed by atoms with Crippen LogP contribution in [0.2, 0.25) is 0 Å². The molecule has 0 unspecified atom stereocenters. The van der Waals surface area contributed by atoms with Crippen LogP contribution in [0, 0.1) is 27.7 Å². The van der Waals surface area contributed by atoms with Crippen molar-refractivity contribution in [3.8, 4) is 0 Å². The summed E-state index contributed by atoms with van der Waals surface area (Å²) in [5, 5.41) is 0. The molecule has 3 aromatic rings. The summed E-state index contributed by atoms with van der Waals surface area (Å²) in [5.74, 6) is 0. The van der Waals surface area contributed by atoms with Crippen LogP contribution in [0.4, 0.5) is 5.69 Å². The fraction of sp³-hybridized carbons (Fsp3) is 0.217. The first-order chi connectivity index (χ1) is 12.8. The van der Waals surface area contributed by atoms with Gasteiger partial charge in [-0.3, -0.25) is 4.31 Å². The SMILES string of the molecule is Cc1ccc(CN(c2cc(C)ccc2C)S(=O)(=O)c2ccc(C)cc2)cc1. The van der Waals surface area contributed by atoms with Crippen LogP contribution < -0.4 is 4.31 Å². The molecule has 0 bridgehead atoms. The monoisotopic (exact) mass is 379 g/mol. The number of nitrogens with zero attached hydrogens (tertiary/aromatic N) is 1. The molecular weight excluding hydrogens is 354 g/mol. The Morgan fingerprint density at radius 1 is 0.704 bits per heavy atom. The van der Waals surface area contributed by atoms with Crippen LogP contribution in [-0.2, 0) is 16.6 Å². The number of hydrogen-bond donors (Lipinski definition) is 0. The summed E-state index contributed by atoms with van der Waals surface area (Å²) >= 11 is 0. The van der Waals surface area contributed by atoms with E-state index in [1.165, 1.54) is 4.31 Å². The number of rotatable bonds is 5. The lowest BCUT2D eigenvalue weighted by molar-refractivity contribution is 0.590. The minimum Gasteiger partial charge on any atom is -0.262 e. The fourth-order valence-corrected chi connectivity index (χ4v) is 4.49. The smallest absolute Gasteiger partial charge is 0.262 e. The highest BCUT2D eigenvalue weighted by molar-refractivity contribution is 7.92. The Bertz CT molecular complexity index is 1040. The zero-order valence-corrected chi connectivity index (χ0v) is 17.0. The maximum Gasteiger partial charge on any atom is 0.264 e. The van der Waals surface area contributed by atoms with Gasteiger partial charge in [-0.2, -0.15) is 0 Å². The van der Waals surface area contributed by atoms with Gasteiger partial charge < -0.3 is 0 Å². The molecule has 0 amide bonds. The molecule has 0 radical (unpaired) electrons. The Morgan fingerprint density at radius 3 is 1.81 bits per heavy atom. The second kappa shape index (κ2) is 7.57. The molecule has 0 spiro atoms. The van der Waals surface area contributed by atoms with Crippen molar-refractivity contribution in [3.05, 3.63) is 94.5 Å². The molecule has 3 nitrogen and oxygen atoms in total. The Hall–Kier alpha value is -2.59. The van der Waals surface area contributed by atoms with Crippen molar-refractivity contribution < 1.29 is 8.42 Å². The van der Waals surface area contributed by atoms with Crippen LogP contribution >= 0.6 is 0 Å². The highest BCUT2D eigenvalue weighted by Gasteiger charge is 2.26. The lowest BCUT2D eigenvalue weighted by Gasteiger charge is -2.27. The molecule has 140 valence electrons. The Labute approximate surface area is 162 Å². The van der Waals surface area contributed by atoms with E-state index >= 15 is 0 Å². The van der Waals surface area contributed by atoms with Crippen molar-refractivity contribution in [1.82, 2.24) is 0 Å². The molecule has 0 atom stereocenters. The van der Waals surface area contributed by atoms with Gasteiger partial charge in [0.25, 0.3) is 10.0 Å². The van der Waals surface area contributed by atoms with E-state index in [-0.39, 0.29) is 0 Å². The first kappa shape index (κ1) is 19.2. The highest BCUT2D eigenvalue weighted by atomic mass is 32.2. The van der Waals surface area contributed by atoms with Gasteiger partial charge in [0.05, 0.1) is 17.1 Å². The summed E-state index contributed by atoms with van der Waals surface area (Å²) in [7, 11) is -3.69. The largest absolute Gasteiger partial charge is 0.264 e. The van der Waals surface area contributed by atoms with E-state index in [1.807, 2.05) is 82.3 Å². The van der Waals surface area contributed by atoms with E-state index in [4.69, 9.17) is 0 Å². The molecule has 0 aliphatic carbocycles. The summed E-state index contributed by atoms with van der Waals surface area (Å²) in [5.41, 5.74) is 5.82. The highest BCUT2D eigenvalue weighted by Crippen LogP contribution is 2.30. The maximum absolute atomic E-state index is 13.5. The lowest BCUT2D eigenvalue weighted by atomic mass is 10.1. The average molecular weight is 380 g/mol. The van der Waals surface area contributed by atoms with Crippen molar-refractivity contribution in [2.24, 2.45) is 0 Å². The quantitative estimate of drug-likeness (QED) is 0.602. The van der Waals surface area contributed by atoms with Crippen molar-refractivity contribution in [1.29, 1.82) is 0 Å². The molecule has 27 heavy (non-hydrogen) atoms. The number of aryl methyl sites for hydroxylation is 4. The standard InChI is InChI=1S/C23H25NO2S/c1-17-6-11-21(12-7-17)16-24(23-15-19(3)5-10-20(23)4)27(25,26)22-13-8-18(2)9-14-22/h5-15H,16H2,1-4H3. The summed E-state index contributed by atoms with van der Waals surface area (Å²) < 4.78 is 28.5. The van der Waals surface area contributed by atoms with Gasteiger partial charge in [-0.15, -0.1) is 0 Å². The minimum absolute atomic E-state index is 0.292. The lowest BCUT2D eigenvalue weighted by Crippen LogP contribution is -2.31. The predicted octanol–water partition coefficient (Wildman–Crippen LogP) is 5.32.